The molecule has 0 spiro atoms. The van der Waals surface area contributed by atoms with E-state index in [1.54, 1.807) is 0 Å². The summed E-state index contributed by atoms with van der Waals surface area (Å²) in [6.07, 6.45) is 45.4. The number of hydrogen-bond donors (Lipinski definition) is 0. The standard InChI is InChI=1S/C48H80N/c1-3-5-7-9-11-13-15-17-19-21-23-25-27-29-37-43-49(45-47-39-33-31-34-40-47,46-48-41-35-32-36-42-48)44-38-30-28-26-24-22-20-18-16-14-12-10-8-6-4-2/h15-18,31-36,39-42H,3-14,19-30,37-38,43-46H2,1-2H3/q+1/b17-15+,18-16+. The minimum atomic E-state index is 1.16. The summed E-state index contributed by atoms with van der Waals surface area (Å²) in [4.78, 5) is 0. The highest BCUT2D eigenvalue weighted by molar-refractivity contribution is 5.15. The summed E-state index contributed by atoms with van der Waals surface area (Å²) in [6, 6.07) is 22.7. The Morgan fingerprint density at radius 3 is 0.959 bits per heavy atom. The van der Waals surface area contributed by atoms with Crippen molar-refractivity contribution in [1.82, 2.24) is 0 Å². The number of unbranched alkanes of at least 4 members (excludes halogenated alkanes) is 22. The van der Waals surface area contributed by atoms with Gasteiger partial charge in [0, 0.05) is 11.1 Å². The van der Waals surface area contributed by atoms with E-state index in [1.165, 1.54) is 196 Å². The fraction of sp³-hybridized carbons (Fsp3) is 0.667. The van der Waals surface area contributed by atoms with Crippen LogP contribution in [0.5, 0.6) is 0 Å². The molecule has 0 radical (unpaired) electrons. The SMILES string of the molecule is CCCCCCC/C=C/CCCCCCCC[N+](CCCCCCCC/C=C/CCCCCCC)(Cc1ccccc1)Cc1ccccc1. The van der Waals surface area contributed by atoms with Crippen LogP contribution >= 0.6 is 0 Å². The quantitative estimate of drug-likeness (QED) is 0.0395. The minimum absolute atomic E-state index is 1.16. The number of nitrogens with zero attached hydrogens (tertiary/aromatic N) is 1. The highest BCUT2D eigenvalue weighted by atomic mass is 15.3. The minimum Gasteiger partial charge on any atom is -0.316 e. The Bertz CT molecular complexity index is 922. The van der Waals surface area contributed by atoms with Crippen LogP contribution in [-0.4, -0.2) is 17.6 Å². The highest BCUT2D eigenvalue weighted by Crippen LogP contribution is 2.24. The van der Waals surface area contributed by atoms with Gasteiger partial charge in [-0.2, -0.15) is 0 Å². The van der Waals surface area contributed by atoms with Gasteiger partial charge in [-0.25, -0.2) is 0 Å². The Hall–Kier alpha value is -2.12. The van der Waals surface area contributed by atoms with Crippen LogP contribution in [0.4, 0.5) is 0 Å². The van der Waals surface area contributed by atoms with Crippen molar-refractivity contribution in [3.05, 3.63) is 96.1 Å². The molecule has 0 bridgehead atoms. The molecule has 1 heteroatoms. The lowest BCUT2D eigenvalue weighted by Gasteiger charge is -2.39. The molecule has 0 fully saturated rings. The predicted molar refractivity (Wildman–Crippen MR) is 220 cm³/mol. The third-order valence-corrected chi connectivity index (χ3v) is 10.5. The molecule has 2 aromatic rings. The Morgan fingerprint density at radius 1 is 0.347 bits per heavy atom. The molecule has 276 valence electrons. The van der Waals surface area contributed by atoms with Crippen LogP contribution < -0.4 is 0 Å². The number of benzene rings is 2. The Kier molecular flexibility index (Phi) is 28.0. The highest BCUT2D eigenvalue weighted by Gasteiger charge is 2.27. The van der Waals surface area contributed by atoms with Gasteiger partial charge < -0.3 is 4.48 Å². The number of quaternary nitrogens is 1. The molecule has 0 aliphatic carbocycles. The van der Waals surface area contributed by atoms with E-state index in [0.29, 0.717) is 0 Å². The van der Waals surface area contributed by atoms with Crippen LogP contribution in [0, 0.1) is 0 Å². The summed E-state index contributed by atoms with van der Waals surface area (Å²) in [7, 11) is 0. The molecule has 0 heterocycles. The molecular weight excluding hydrogens is 591 g/mol. The van der Waals surface area contributed by atoms with Crippen LogP contribution in [0.3, 0.4) is 0 Å². The average molecular weight is 671 g/mol. The van der Waals surface area contributed by atoms with Gasteiger partial charge in [0.2, 0.25) is 0 Å². The first-order valence-corrected chi connectivity index (χ1v) is 21.5. The third-order valence-electron chi connectivity index (χ3n) is 10.5. The molecule has 49 heavy (non-hydrogen) atoms. The lowest BCUT2D eigenvalue weighted by Crippen LogP contribution is -2.48. The van der Waals surface area contributed by atoms with E-state index in [9.17, 15) is 0 Å². The Balaban J connectivity index is 1.74. The van der Waals surface area contributed by atoms with Crippen molar-refractivity contribution in [2.24, 2.45) is 0 Å². The average Bonchev–Trinajstić information content (AvgIpc) is 3.12. The zero-order valence-electron chi connectivity index (χ0n) is 32.7. The maximum atomic E-state index is 2.45. The molecule has 2 aromatic carbocycles. The molecule has 0 aliphatic rings. The molecule has 0 saturated carbocycles. The van der Waals surface area contributed by atoms with Gasteiger partial charge in [-0.1, -0.05) is 189 Å². The second kappa shape index (κ2) is 31.8. The van der Waals surface area contributed by atoms with Crippen LogP contribution in [-0.2, 0) is 13.1 Å². The molecule has 0 saturated heterocycles. The van der Waals surface area contributed by atoms with Crippen molar-refractivity contribution in [2.45, 2.75) is 194 Å². The largest absolute Gasteiger partial charge is 0.316 e. The maximum absolute atomic E-state index is 2.45. The van der Waals surface area contributed by atoms with Gasteiger partial charge in [-0.3, -0.25) is 0 Å². The summed E-state index contributed by atoms with van der Waals surface area (Å²) < 4.78 is 1.21. The van der Waals surface area contributed by atoms with Crippen LogP contribution in [0.15, 0.2) is 85.0 Å². The van der Waals surface area contributed by atoms with Gasteiger partial charge in [0.1, 0.15) is 13.1 Å². The molecule has 0 amide bonds. The van der Waals surface area contributed by atoms with Crippen LogP contribution in [0.2, 0.25) is 0 Å². The van der Waals surface area contributed by atoms with E-state index in [-0.39, 0.29) is 0 Å². The molecule has 0 atom stereocenters. The zero-order chi connectivity index (χ0) is 34.8. The molecule has 0 aromatic heterocycles. The van der Waals surface area contributed by atoms with Crippen molar-refractivity contribution in [3.8, 4) is 0 Å². The summed E-state index contributed by atoms with van der Waals surface area (Å²) in [5.74, 6) is 0. The first-order valence-electron chi connectivity index (χ1n) is 21.5. The summed E-state index contributed by atoms with van der Waals surface area (Å²) >= 11 is 0. The van der Waals surface area contributed by atoms with Gasteiger partial charge in [0.25, 0.3) is 0 Å². The number of hydrogen-bond acceptors (Lipinski definition) is 0. The molecule has 0 N–H and O–H groups in total. The topological polar surface area (TPSA) is 0 Å². The van der Waals surface area contributed by atoms with E-state index >= 15 is 0 Å². The first-order chi connectivity index (χ1) is 24.3. The van der Waals surface area contributed by atoms with Crippen molar-refractivity contribution in [2.75, 3.05) is 13.1 Å². The second-order valence-electron chi connectivity index (χ2n) is 15.2. The molecular formula is C48H80N+. The van der Waals surface area contributed by atoms with Crippen molar-refractivity contribution in [1.29, 1.82) is 0 Å². The second-order valence-corrected chi connectivity index (χ2v) is 15.2. The lowest BCUT2D eigenvalue weighted by atomic mass is 10.0. The summed E-state index contributed by atoms with van der Waals surface area (Å²) in [6.45, 7) is 9.51. The summed E-state index contributed by atoms with van der Waals surface area (Å²) in [5, 5.41) is 0. The normalized spacial score (nSPS) is 12.1. The molecule has 1 nitrogen and oxygen atoms in total. The van der Waals surface area contributed by atoms with Gasteiger partial charge in [-0.15, -0.1) is 0 Å². The number of rotatable bonds is 34. The van der Waals surface area contributed by atoms with Gasteiger partial charge >= 0.3 is 0 Å². The fourth-order valence-corrected chi connectivity index (χ4v) is 7.46. The number of allylic oxidation sites excluding steroid dienone is 4. The van der Waals surface area contributed by atoms with Gasteiger partial charge in [0.05, 0.1) is 13.1 Å². The van der Waals surface area contributed by atoms with Crippen LogP contribution in [0.25, 0.3) is 0 Å². The molecule has 2 rings (SSSR count). The van der Waals surface area contributed by atoms with E-state index in [2.05, 4.69) is 98.8 Å². The summed E-state index contributed by atoms with van der Waals surface area (Å²) in [5.41, 5.74) is 3.00. The van der Waals surface area contributed by atoms with Crippen molar-refractivity contribution in [3.63, 3.8) is 0 Å². The zero-order valence-corrected chi connectivity index (χ0v) is 32.7. The smallest absolute Gasteiger partial charge is 0.105 e. The Morgan fingerprint density at radius 2 is 0.633 bits per heavy atom. The lowest BCUT2D eigenvalue weighted by molar-refractivity contribution is -0.954. The van der Waals surface area contributed by atoms with E-state index in [4.69, 9.17) is 0 Å². The van der Waals surface area contributed by atoms with E-state index in [0.717, 1.165) is 13.1 Å². The van der Waals surface area contributed by atoms with E-state index in [1.807, 2.05) is 0 Å². The monoisotopic (exact) mass is 671 g/mol. The fourth-order valence-electron chi connectivity index (χ4n) is 7.46. The van der Waals surface area contributed by atoms with Crippen LogP contribution in [0.1, 0.15) is 192 Å². The van der Waals surface area contributed by atoms with Crippen molar-refractivity contribution < 1.29 is 4.48 Å². The first kappa shape index (κ1) is 43.0. The van der Waals surface area contributed by atoms with Gasteiger partial charge in [0.15, 0.2) is 0 Å². The van der Waals surface area contributed by atoms with E-state index < -0.39 is 0 Å². The molecule has 0 aliphatic heterocycles. The third kappa shape index (κ3) is 24.6. The van der Waals surface area contributed by atoms with Gasteiger partial charge in [-0.05, 0) is 77.0 Å². The predicted octanol–water partition coefficient (Wildman–Crippen LogP) is 15.5. The Labute approximate surface area is 306 Å². The maximum Gasteiger partial charge on any atom is 0.105 e. The van der Waals surface area contributed by atoms with Crippen molar-refractivity contribution >= 4 is 0 Å². The molecule has 0 unspecified atom stereocenters.